The molecule has 0 radical (unpaired) electrons. The Morgan fingerprint density at radius 1 is 1.47 bits per heavy atom. The molecule has 0 aliphatic carbocycles. The number of Topliss-reactive ketones (excluding diaryl/α,β-unsaturated/α-hetero) is 1. The van der Waals surface area contributed by atoms with Crippen molar-refractivity contribution < 1.29 is 18.3 Å². The molecule has 0 bridgehead atoms. The van der Waals surface area contributed by atoms with Gasteiger partial charge in [0.1, 0.15) is 0 Å². The van der Waals surface area contributed by atoms with Crippen molar-refractivity contribution in [3.8, 4) is 0 Å². The van der Waals surface area contributed by atoms with E-state index in [9.17, 15) is 13.2 Å². The number of benzene rings is 1. The number of carbonyl (C=O) groups excluding carboxylic acids is 1. The van der Waals surface area contributed by atoms with Crippen LogP contribution in [0.3, 0.4) is 0 Å². The fraction of sp³-hybridized carbons (Fsp3) is 0.308. The van der Waals surface area contributed by atoms with Crippen molar-refractivity contribution in [1.82, 2.24) is 4.31 Å². The van der Waals surface area contributed by atoms with E-state index >= 15 is 0 Å². The lowest BCUT2D eigenvalue weighted by Gasteiger charge is -2.19. The zero-order valence-corrected chi connectivity index (χ0v) is 11.6. The van der Waals surface area contributed by atoms with Crippen LogP contribution in [0.15, 0.2) is 41.8 Å². The first-order chi connectivity index (χ1) is 8.93. The summed E-state index contributed by atoms with van der Waals surface area (Å²) < 4.78 is 25.8. The molecule has 6 heteroatoms. The maximum atomic E-state index is 12.3. The van der Waals surface area contributed by atoms with E-state index in [2.05, 4.69) is 6.58 Å². The third-order valence-corrected chi connectivity index (χ3v) is 4.42. The molecule has 1 rings (SSSR count). The molecular formula is C13H17NO4S. The lowest BCUT2D eigenvalue weighted by molar-refractivity contribution is 0.101. The van der Waals surface area contributed by atoms with E-state index in [4.69, 9.17) is 5.11 Å². The van der Waals surface area contributed by atoms with Gasteiger partial charge in [-0.15, -0.1) is 6.58 Å². The second-order valence-corrected chi connectivity index (χ2v) is 5.90. The van der Waals surface area contributed by atoms with Crippen molar-refractivity contribution in [3.63, 3.8) is 0 Å². The van der Waals surface area contributed by atoms with Crippen molar-refractivity contribution in [2.45, 2.75) is 11.8 Å². The van der Waals surface area contributed by atoms with Crippen LogP contribution in [-0.2, 0) is 10.0 Å². The molecule has 0 aromatic heterocycles. The Kier molecular flexibility index (Phi) is 5.41. The quantitative estimate of drug-likeness (QED) is 0.600. The minimum atomic E-state index is -3.73. The third kappa shape index (κ3) is 3.73. The Morgan fingerprint density at radius 2 is 2.16 bits per heavy atom. The summed E-state index contributed by atoms with van der Waals surface area (Å²) in [5.74, 6) is -0.200. The number of hydrogen-bond acceptors (Lipinski definition) is 4. The number of hydrogen-bond donors (Lipinski definition) is 1. The van der Waals surface area contributed by atoms with E-state index in [-0.39, 0.29) is 30.4 Å². The molecule has 1 N–H and O–H groups in total. The number of aliphatic hydroxyl groups excluding tert-OH is 1. The molecule has 0 unspecified atom stereocenters. The molecule has 0 fully saturated rings. The smallest absolute Gasteiger partial charge is 0.243 e. The Hall–Kier alpha value is -1.50. The summed E-state index contributed by atoms with van der Waals surface area (Å²) in [7, 11) is -3.73. The number of sulfonamides is 1. The molecule has 5 nitrogen and oxygen atoms in total. The summed E-state index contributed by atoms with van der Waals surface area (Å²) in [6.07, 6.45) is 1.45. The SMILES string of the molecule is C=CCN(CCO)S(=O)(=O)c1cccc(C(C)=O)c1. The van der Waals surface area contributed by atoms with E-state index in [1.807, 2.05) is 0 Å². The standard InChI is InChI=1S/C13H17NO4S/c1-3-7-14(8-9-15)19(17,18)13-6-4-5-12(10-13)11(2)16/h3-6,10,15H,1,7-9H2,2H3. The zero-order chi connectivity index (χ0) is 14.5. The Morgan fingerprint density at radius 3 is 2.68 bits per heavy atom. The van der Waals surface area contributed by atoms with Crippen molar-refractivity contribution in [3.05, 3.63) is 42.5 Å². The predicted molar refractivity (Wildman–Crippen MR) is 72.5 cm³/mol. The summed E-state index contributed by atoms with van der Waals surface area (Å²) in [6.45, 7) is 4.68. The fourth-order valence-corrected chi connectivity index (χ4v) is 3.04. The third-order valence-electron chi connectivity index (χ3n) is 2.56. The van der Waals surface area contributed by atoms with Crippen LogP contribution < -0.4 is 0 Å². The van der Waals surface area contributed by atoms with Crippen LogP contribution >= 0.6 is 0 Å². The van der Waals surface area contributed by atoms with Crippen LogP contribution in [0.25, 0.3) is 0 Å². The Labute approximate surface area is 113 Å². The molecule has 0 spiro atoms. The fourth-order valence-electron chi connectivity index (χ4n) is 1.59. The lowest BCUT2D eigenvalue weighted by Crippen LogP contribution is -2.33. The minimum Gasteiger partial charge on any atom is -0.395 e. The highest BCUT2D eigenvalue weighted by atomic mass is 32.2. The maximum absolute atomic E-state index is 12.3. The molecule has 0 saturated carbocycles. The molecule has 0 atom stereocenters. The van der Waals surface area contributed by atoms with Crippen molar-refractivity contribution in [2.75, 3.05) is 19.7 Å². The molecular weight excluding hydrogens is 266 g/mol. The molecule has 19 heavy (non-hydrogen) atoms. The van der Waals surface area contributed by atoms with Gasteiger partial charge in [0.15, 0.2) is 5.78 Å². The highest BCUT2D eigenvalue weighted by Crippen LogP contribution is 2.17. The predicted octanol–water partition coefficient (Wildman–Crippen LogP) is 1.06. The number of ketones is 1. The second kappa shape index (κ2) is 6.60. The first-order valence-corrected chi connectivity index (χ1v) is 7.20. The normalized spacial score (nSPS) is 11.5. The number of aliphatic hydroxyl groups is 1. The monoisotopic (exact) mass is 283 g/mol. The molecule has 0 heterocycles. The molecule has 0 amide bonds. The van der Waals surface area contributed by atoms with Crippen LogP contribution in [0.5, 0.6) is 0 Å². The Balaban J connectivity index is 3.20. The number of carbonyl (C=O) groups is 1. The van der Waals surface area contributed by atoms with Gasteiger partial charge in [0, 0.05) is 18.7 Å². The van der Waals surface area contributed by atoms with E-state index in [1.165, 1.54) is 31.2 Å². The molecule has 0 aliphatic heterocycles. The number of nitrogens with zero attached hydrogens (tertiary/aromatic N) is 1. The summed E-state index contributed by atoms with van der Waals surface area (Å²) in [5.41, 5.74) is 0.337. The molecule has 0 saturated heterocycles. The van der Waals surface area contributed by atoms with Gasteiger partial charge in [-0.2, -0.15) is 4.31 Å². The molecule has 104 valence electrons. The van der Waals surface area contributed by atoms with E-state index in [1.54, 1.807) is 6.07 Å². The molecule has 0 aliphatic rings. The second-order valence-electron chi connectivity index (χ2n) is 3.96. The Bertz CT molecular complexity index is 566. The largest absolute Gasteiger partial charge is 0.395 e. The zero-order valence-electron chi connectivity index (χ0n) is 10.7. The van der Waals surface area contributed by atoms with E-state index < -0.39 is 10.0 Å². The summed E-state index contributed by atoms with van der Waals surface area (Å²) in [6, 6.07) is 5.85. The summed E-state index contributed by atoms with van der Waals surface area (Å²) >= 11 is 0. The topological polar surface area (TPSA) is 74.7 Å². The van der Waals surface area contributed by atoms with Gasteiger partial charge in [-0.05, 0) is 19.1 Å². The average molecular weight is 283 g/mol. The van der Waals surface area contributed by atoms with Crippen LogP contribution in [-0.4, -0.2) is 43.3 Å². The van der Waals surface area contributed by atoms with Crippen LogP contribution in [0.1, 0.15) is 17.3 Å². The minimum absolute atomic E-state index is 0.0152. The molecule has 1 aromatic rings. The van der Waals surface area contributed by atoms with Gasteiger partial charge in [0.2, 0.25) is 10.0 Å². The van der Waals surface area contributed by atoms with Crippen molar-refractivity contribution in [2.24, 2.45) is 0 Å². The number of rotatable bonds is 7. The van der Waals surface area contributed by atoms with Gasteiger partial charge in [0.25, 0.3) is 0 Å². The van der Waals surface area contributed by atoms with Gasteiger partial charge in [-0.3, -0.25) is 4.79 Å². The lowest BCUT2D eigenvalue weighted by atomic mass is 10.2. The molecule has 1 aromatic carbocycles. The van der Waals surface area contributed by atoms with Crippen molar-refractivity contribution >= 4 is 15.8 Å². The van der Waals surface area contributed by atoms with Crippen molar-refractivity contribution in [1.29, 1.82) is 0 Å². The van der Waals surface area contributed by atoms with Gasteiger partial charge >= 0.3 is 0 Å². The van der Waals surface area contributed by atoms with Gasteiger partial charge < -0.3 is 5.11 Å². The van der Waals surface area contributed by atoms with Gasteiger partial charge in [-0.25, -0.2) is 8.42 Å². The van der Waals surface area contributed by atoms with E-state index in [0.717, 1.165) is 4.31 Å². The van der Waals surface area contributed by atoms with Gasteiger partial charge in [0.05, 0.1) is 11.5 Å². The first-order valence-electron chi connectivity index (χ1n) is 5.76. The van der Waals surface area contributed by atoms with E-state index in [0.29, 0.717) is 5.56 Å². The first kappa shape index (κ1) is 15.6. The highest BCUT2D eigenvalue weighted by Gasteiger charge is 2.23. The average Bonchev–Trinajstić information content (AvgIpc) is 2.38. The maximum Gasteiger partial charge on any atom is 0.243 e. The van der Waals surface area contributed by atoms with Gasteiger partial charge in [-0.1, -0.05) is 18.2 Å². The summed E-state index contributed by atoms with van der Waals surface area (Å²) in [4.78, 5) is 11.3. The van der Waals surface area contributed by atoms with Crippen LogP contribution in [0.4, 0.5) is 0 Å². The van der Waals surface area contributed by atoms with Crippen LogP contribution in [0, 0.1) is 0 Å². The summed E-state index contributed by atoms with van der Waals surface area (Å²) in [5, 5.41) is 8.92. The highest BCUT2D eigenvalue weighted by molar-refractivity contribution is 7.89. The van der Waals surface area contributed by atoms with Crippen LogP contribution in [0.2, 0.25) is 0 Å².